The summed E-state index contributed by atoms with van der Waals surface area (Å²) in [5.74, 6) is 2.42. The fourth-order valence-electron chi connectivity index (χ4n) is 2.77. The first-order valence-corrected chi connectivity index (χ1v) is 7.18. The maximum atomic E-state index is 10.9. The molecule has 2 N–H and O–H groups in total. The van der Waals surface area contributed by atoms with Gasteiger partial charge in [-0.2, -0.15) is 0 Å². The summed E-state index contributed by atoms with van der Waals surface area (Å²) < 4.78 is 0. The quantitative estimate of drug-likeness (QED) is 0.638. The predicted octanol–water partition coefficient (Wildman–Crippen LogP) is 3.27. The molecule has 0 saturated heterocycles. The van der Waals surface area contributed by atoms with Gasteiger partial charge in [0.1, 0.15) is 11.6 Å². The molecule has 1 saturated carbocycles. The molecule has 0 aliphatic heterocycles. The molecule has 1 aliphatic carbocycles. The highest BCUT2D eigenvalue weighted by Gasteiger charge is 2.21. The van der Waals surface area contributed by atoms with E-state index >= 15 is 0 Å². The van der Waals surface area contributed by atoms with Crippen molar-refractivity contribution in [2.24, 2.45) is 11.8 Å². The first kappa shape index (κ1) is 14.6. The molecule has 0 radical (unpaired) electrons. The van der Waals surface area contributed by atoms with Crippen molar-refractivity contribution >= 4 is 17.3 Å². The number of hydrogen-bond donors (Lipinski definition) is 2. The molecule has 0 spiro atoms. The number of hydrogen-bond acceptors (Lipinski definition) is 5. The minimum Gasteiger partial charge on any atom is -0.373 e. The van der Waals surface area contributed by atoms with Gasteiger partial charge < -0.3 is 10.6 Å². The summed E-state index contributed by atoms with van der Waals surface area (Å²) in [7, 11) is 1.71. The van der Waals surface area contributed by atoms with E-state index in [1.165, 1.54) is 37.8 Å². The lowest BCUT2D eigenvalue weighted by Crippen LogP contribution is -2.24. The third-order valence-electron chi connectivity index (χ3n) is 4.11. The van der Waals surface area contributed by atoms with E-state index in [1.54, 1.807) is 7.05 Å². The Morgan fingerprint density at radius 1 is 1.35 bits per heavy atom. The second-order valence-electron chi connectivity index (χ2n) is 5.51. The molecular formula is C14H22N4O2. The Hall–Kier alpha value is -1.85. The zero-order valence-electron chi connectivity index (χ0n) is 12.1. The Morgan fingerprint density at radius 3 is 2.70 bits per heavy atom. The lowest BCUT2D eigenvalue weighted by atomic mass is 9.80. The van der Waals surface area contributed by atoms with Crippen LogP contribution in [-0.4, -0.2) is 23.5 Å². The van der Waals surface area contributed by atoms with Crippen LogP contribution in [0.4, 0.5) is 17.3 Å². The highest BCUT2D eigenvalue weighted by atomic mass is 16.6. The van der Waals surface area contributed by atoms with Gasteiger partial charge >= 0.3 is 0 Å². The van der Waals surface area contributed by atoms with Gasteiger partial charge in [-0.1, -0.05) is 26.2 Å². The summed E-state index contributed by atoms with van der Waals surface area (Å²) in [6.45, 7) is 3.11. The van der Waals surface area contributed by atoms with Gasteiger partial charge in [0.2, 0.25) is 0 Å². The number of nitrogens with zero attached hydrogens (tertiary/aromatic N) is 2. The normalized spacial score (nSPS) is 22.3. The molecule has 2 atom stereocenters. The second kappa shape index (κ2) is 6.54. The smallest absolute Gasteiger partial charge is 0.276 e. The first-order chi connectivity index (χ1) is 9.60. The van der Waals surface area contributed by atoms with Crippen LogP contribution in [-0.2, 0) is 0 Å². The summed E-state index contributed by atoms with van der Waals surface area (Å²) in [4.78, 5) is 14.8. The molecule has 6 nitrogen and oxygen atoms in total. The van der Waals surface area contributed by atoms with Crippen molar-refractivity contribution in [1.82, 2.24) is 4.98 Å². The molecule has 1 aromatic rings. The van der Waals surface area contributed by atoms with Crippen molar-refractivity contribution in [3.8, 4) is 0 Å². The van der Waals surface area contributed by atoms with Crippen LogP contribution in [0.5, 0.6) is 0 Å². The van der Waals surface area contributed by atoms with E-state index in [-0.39, 0.29) is 5.69 Å². The van der Waals surface area contributed by atoms with Crippen molar-refractivity contribution in [2.45, 2.75) is 32.6 Å². The molecule has 0 aromatic carbocycles. The largest absolute Gasteiger partial charge is 0.373 e. The molecule has 2 unspecified atom stereocenters. The molecule has 2 rings (SSSR count). The van der Waals surface area contributed by atoms with Crippen molar-refractivity contribution < 1.29 is 4.92 Å². The summed E-state index contributed by atoms with van der Waals surface area (Å²) >= 11 is 0. The van der Waals surface area contributed by atoms with E-state index in [0.29, 0.717) is 23.5 Å². The van der Waals surface area contributed by atoms with Crippen LogP contribution in [0, 0.1) is 22.0 Å². The van der Waals surface area contributed by atoms with Crippen molar-refractivity contribution in [1.29, 1.82) is 0 Å². The van der Waals surface area contributed by atoms with Gasteiger partial charge in [-0.05, 0) is 18.3 Å². The van der Waals surface area contributed by atoms with Crippen molar-refractivity contribution in [2.75, 3.05) is 24.2 Å². The minimum atomic E-state index is -0.392. The van der Waals surface area contributed by atoms with E-state index in [4.69, 9.17) is 0 Å². The van der Waals surface area contributed by atoms with E-state index in [9.17, 15) is 10.1 Å². The lowest BCUT2D eigenvalue weighted by molar-refractivity contribution is -0.384. The number of nitro groups is 1. The van der Waals surface area contributed by atoms with Crippen LogP contribution in [0.1, 0.15) is 32.6 Å². The summed E-state index contributed by atoms with van der Waals surface area (Å²) in [5, 5.41) is 17.0. The maximum Gasteiger partial charge on any atom is 0.276 e. The minimum absolute atomic E-state index is 0.0588. The number of pyridine rings is 1. The third kappa shape index (κ3) is 3.59. The van der Waals surface area contributed by atoms with Gasteiger partial charge in [-0.15, -0.1) is 0 Å². The Bertz CT molecular complexity index is 478. The highest BCUT2D eigenvalue weighted by molar-refractivity contribution is 5.54. The fraction of sp³-hybridized carbons (Fsp3) is 0.643. The van der Waals surface area contributed by atoms with Crippen LogP contribution in [0.25, 0.3) is 0 Å². The van der Waals surface area contributed by atoms with Crippen LogP contribution >= 0.6 is 0 Å². The number of rotatable bonds is 5. The topological polar surface area (TPSA) is 80.1 Å². The van der Waals surface area contributed by atoms with E-state index in [0.717, 1.165) is 6.54 Å². The van der Waals surface area contributed by atoms with Gasteiger partial charge in [0.25, 0.3) is 5.69 Å². The molecular weight excluding hydrogens is 256 g/mol. The van der Waals surface area contributed by atoms with Crippen LogP contribution in [0.3, 0.4) is 0 Å². The lowest BCUT2D eigenvalue weighted by Gasteiger charge is -2.28. The number of anilines is 2. The monoisotopic (exact) mass is 278 g/mol. The van der Waals surface area contributed by atoms with E-state index in [1.807, 2.05) is 0 Å². The summed E-state index contributed by atoms with van der Waals surface area (Å²) in [5.41, 5.74) is 0.0588. The molecule has 1 heterocycles. The van der Waals surface area contributed by atoms with Crippen LogP contribution in [0.15, 0.2) is 12.1 Å². The predicted molar refractivity (Wildman–Crippen MR) is 80.0 cm³/mol. The Kier molecular flexibility index (Phi) is 4.76. The van der Waals surface area contributed by atoms with Crippen LogP contribution < -0.4 is 10.6 Å². The van der Waals surface area contributed by atoms with Gasteiger partial charge in [0, 0.05) is 13.6 Å². The van der Waals surface area contributed by atoms with Gasteiger partial charge in [-0.3, -0.25) is 10.1 Å². The molecule has 110 valence electrons. The summed E-state index contributed by atoms with van der Waals surface area (Å²) in [6.07, 6.45) is 5.09. The molecule has 0 amide bonds. The van der Waals surface area contributed by atoms with Crippen LogP contribution in [0.2, 0.25) is 0 Å². The zero-order valence-corrected chi connectivity index (χ0v) is 12.1. The Balaban J connectivity index is 2.04. The Morgan fingerprint density at radius 2 is 2.05 bits per heavy atom. The van der Waals surface area contributed by atoms with Gasteiger partial charge in [0.15, 0.2) is 0 Å². The average Bonchev–Trinajstić information content (AvgIpc) is 2.46. The van der Waals surface area contributed by atoms with Gasteiger partial charge in [0.05, 0.1) is 17.1 Å². The molecule has 1 fully saturated rings. The SMILES string of the molecule is CNc1cc([N+](=O)[O-])cc(NCC2CCCCC2C)n1. The summed E-state index contributed by atoms with van der Waals surface area (Å²) in [6, 6.07) is 2.93. The second-order valence-corrected chi connectivity index (χ2v) is 5.51. The molecule has 1 aliphatic rings. The molecule has 0 bridgehead atoms. The van der Waals surface area contributed by atoms with Crippen molar-refractivity contribution in [3.63, 3.8) is 0 Å². The van der Waals surface area contributed by atoms with Gasteiger partial charge in [-0.25, -0.2) is 4.98 Å². The fourth-order valence-corrected chi connectivity index (χ4v) is 2.77. The standard InChI is InChI=1S/C14H22N4O2/c1-10-5-3-4-6-11(10)9-16-14-8-12(18(19)20)7-13(15-2)17-14/h7-8,10-11H,3-6,9H2,1-2H3,(H2,15,16,17). The number of nitrogens with one attached hydrogen (secondary N) is 2. The van der Waals surface area contributed by atoms with E-state index in [2.05, 4.69) is 22.5 Å². The van der Waals surface area contributed by atoms with E-state index < -0.39 is 4.92 Å². The number of aromatic nitrogens is 1. The maximum absolute atomic E-state index is 10.9. The zero-order chi connectivity index (χ0) is 14.5. The Labute approximate surface area is 119 Å². The molecule has 1 aromatic heterocycles. The molecule has 20 heavy (non-hydrogen) atoms. The average molecular weight is 278 g/mol. The van der Waals surface area contributed by atoms with Crippen molar-refractivity contribution in [3.05, 3.63) is 22.2 Å². The highest BCUT2D eigenvalue weighted by Crippen LogP contribution is 2.30. The first-order valence-electron chi connectivity index (χ1n) is 7.18. The molecule has 6 heteroatoms. The third-order valence-corrected chi connectivity index (χ3v) is 4.11.